The summed E-state index contributed by atoms with van der Waals surface area (Å²) in [6, 6.07) is 8.54. The molecule has 0 heterocycles. The van der Waals surface area contributed by atoms with Crippen molar-refractivity contribution < 1.29 is 14.3 Å². The highest BCUT2D eigenvalue weighted by molar-refractivity contribution is 5.53. The van der Waals surface area contributed by atoms with Crippen molar-refractivity contribution >= 4 is 6.29 Å². The van der Waals surface area contributed by atoms with Crippen LogP contribution in [0.3, 0.4) is 0 Å². The van der Waals surface area contributed by atoms with Gasteiger partial charge in [0.05, 0.1) is 0 Å². The maximum Gasteiger partial charge on any atom is 0.154 e. The van der Waals surface area contributed by atoms with Crippen LogP contribution in [0, 0.1) is 5.92 Å². The third kappa shape index (κ3) is 9.69. The summed E-state index contributed by atoms with van der Waals surface area (Å²) in [5.74, 6) is 0.701. The zero-order chi connectivity index (χ0) is 17.0. The summed E-state index contributed by atoms with van der Waals surface area (Å²) in [5, 5.41) is 0. The van der Waals surface area contributed by atoms with Crippen molar-refractivity contribution in [3.8, 4) is 0 Å². The molecule has 0 radical (unpaired) electrons. The van der Waals surface area contributed by atoms with Crippen LogP contribution in [0.1, 0.15) is 58.6 Å². The van der Waals surface area contributed by atoms with Crippen molar-refractivity contribution in [2.24, 2.45) is 5.92 Å². The topological polar surface area (TPSA) is 35.5 Å². The number of carbonyl (C=O) groups is 1. The molecule has 0 aliphatic rings. The number of ether oxygens (including phenoxy) is 2. The van der Waals surface area contributed by atoms with Crippen LogP contribution in [0.25, 0.3) is 0 Å². The number of hydrogen-bond acceptors (Lipinski definition) is 3. The molecular weight excluding hydrogens is 276 g/mol. The summed E-state index contributed by atoms with van der Waals surface area (Å²) in [6.07, 6.45) is 1.82. The molecule has 1 aromatic carbocycles. The fourth-order valence-electron chi connectivity index (χ4n) is 1.98. The first-order valence-electron chi connectivity index (χ1n) is 8.21. The number of rotatable bonds is 8. The molecule has 126 valence electrons. The number of benzene rings is 1. The maximum absolute atomic E-state index is 10.5. The van der Waals surface area contributed by atoms with Crippen LogP contribution < -0.4 is 0 Å². The molecule has 0 fully saturated rings. The Morgan fingerprint density at radius 2 is 1.45 bits per heavy atom. The fourth-order valence-corrected chi connectivity index (χ4v) is 1.98. The van der Waals surface area contributed by atoms with Crippen LogP contribution >= 0.6 is 0 Å². The third-order valence-electron chi connectivity index (χ3n) is 3.24. The van der Waals surface area contributed by atoms with Crippen LogP contribution in [0.5, 0.6) is 0 Å². The minimum Gasteiger partial charge on any atom is -0.353 e. The molecule has 0 spiro atoms. The van der Waals surface area contributed by atoms with Crippen molar-refractivity contribution in [1.82, 2.24) is 0 Å². The van der Waals surface area contributed by atoms with Gasteiger partial charge in [0.25, 0.3) is 0 Å². The van der Waals surface area contributed by atoms with E-state index in [1.807, 2.05) is 27.7 Å². The standard InChI is InChI=1S/C13H18O.C6H14O2/c1-10(2)13-6-4-12(5-7-13)8-11(3)9-14;1-4-7-6(3)8-5-2/h4-7,9-11H,8H2,1-3H3;6H,4-5H2,1-3H3. The fraction of sp³-hybridized carbons (Fsp3) is 0.632. The van der Waals surface area contributed by atoms with E-state index in [0.29, 0.717) is 5.92 Å². The molecule has 0 bridgehead atoms. The van der Waals surface area contributed by atoms with Gasteiger partial charge in [-0.2, -0.15) is 0 Å². The molecule has 22 heavy (non-hydrogen) atoms. The summed E-state index contributed by atoms with van der Waals surface area (Å²) in [7, 11) is 0. The van der Waals surface area contributed by atoms with Gasteiger partial charge < -0.3 is 14.3 Å². The predicted octanol–water partition coefficient (Wildman–Crippen LogP) is 4.59. The number of aldehydes is 1. The highest BCUT2D eigenvalue weighted by Crippen LogP contribution is 2.16. The molecule has 0 saturated heterocycles. The van der Waals surface area contributed by atoms with Gasteiger partial charge >= 0.3 is 0 Å². The summed E-state index contributed by atoms with van der Waals surface area (Å²) in [5.41, 5.74) is 2.60. The second kappa shape index (κ2) is 12.4. The van der Waals surface area contributed by atoms with E-state index in [4.69, 9.17) is 9.47 Å². The van der Waals surface area contributed by atoms with Gasteiger partial charge in [-0.25, -0.2) is 0 Å². The summed E-state index contributed by atoms with van der Waals surface area (Å²) in [6.45, 7) is 13.6. The molecule has 3 heteroatoms. The average Bonchev–Trinajstić information content (AvgIpc) is 2.49. The van der Waals surface area contributed by atoms with E-state index in [9.17, 15) is 4.79 Å². The predicted molar refractivity (Wildman–Crippen MR) is 92.2 cm³/mol. The van der Waals surface area contributed by atoms with Crippen LogP contribution in [-0.2, 0) is 20.7 Å². The van der Waals surface area contributed by atoms with Gasteiger partial charge in [-0.15, -0.1) is 0 Å². The van der Waals surface area contributed by atoms with Crippen molar-refractivity contribution in [3.05, 3.63) is 35.4 Å². The van der Waals surface area contributed by atoms with Crippen LogP contribution in [0.15, 0.2) is 24.3 Å². The Bertz CT molecular complexity index is 378. The molecule has 1 aromatic rings. The molecular formula is C19H32O3. The number of carbonyl (C=O) groups excluding carboxylic acids is 1. The SMILES string of the molecule is CC(C=O)Cc1ccc(C(C)C)cc1.CCOC(C)OCC. The van der Waals surface area contributed by atoms with Gasteiger partial charge in [0.1, 0.15) is 6.29 Å². The van der Waals surface area contributed by atoms with E-state index < -0.39 is 0 Å². The molecule has 0 N–H and O–H groups in total. The second-order valence-electron chi connectivity index (χ2n) is 5.69. The van der Waals surface area contributed by atoms with Crippen LogP contribution in [0.2, 0.25) is 0 Å². The van der Waals surface area contributed by atoms with E-state index in [1.165, 1.54) is 11.1 Å². The molecule has 1 rings (SSSR count). The zero-order valence-electron chi connectivity index (χ0n) is 15.0. The Morgan fingerprint density at radius 1 is 0.955 bits per heavy atom. The molecule has 1 unspecified atom stereocenters. The zero-order valence-corrected chi connectivity index (χ0v) is 15.0. The normalized spacial score (nSPS) is 12.0. The lowest BCUT2D eigenvalue weighted by Gasteiger charge is -2.09. The molecule has 0 aromatic heterocycles. The van der Waals surface area contributed by atoms with Crippen molar-refractivity contribution in [2.75, 3.05) is 13.2 Å². The van der Waals surface area contributed by atoms with Crippen molar-refractivity contribution in [3.63, 3.8) is 0 Å². The summed E-state index contributed by atoms with van der Waals surface area (Å²) >= 11 is 0. The minimum absolute atomic E-state index is 0.0370. The van der Waals surface area contributed by atoms with Gasteiger partial charge in [-0.1, -0.05) is 45.0 Å². The van der Waals surface area contributed by atoms with Crippen molar-refractivity contribution in [2.45, 2.75) is 60.2 Å². The smallest absolute Gasteiger partial charge is 0.154 e. The first-order chi connectivity index (χ1) is 10.4. The van der Waals surface area contributed by atoms with E-state index in [0.717, 1.165) is 25.9 Å². The van der Waals surface area contributed by atoms with Crippen molar-refractivity contribution in [1.29, 1.82) is 0 Å². The first-order valence-corrected chi connectivity index (χ1v) is 8.21. The average molecular weight is 308 g/mol. The lowest BCUT2D eigenvalue weighted by atomic mass is 9.98. The highest BCUT2D eigenvalue weighted by Gasteiger charge is 2.02. The lowest BCUT2D eigenvalue weighted by molar-refractivity contribution is -0.123. The Kier molecular flexibility index (Phi) is 11.7. The Hall–Kier alpha value is -1.19. The van der Waals surface area contributed by atoms with Gasteiger partial charge in [-0.3, -0.25) is 0 Å². The number of hydrogen-bond donors (Lipinski definition) is 0. The third-order valence-corrected chi connectivity index (χ3v) is 3.24. The van der Waals surface area contributed by atoms with Crippen LogP contribution in [-0.4, -0.2) is 25.8 Å². The molecule has 0 aliphatic heterocycles. The van der Waals surface area contributed by atoms with Gasteiger partial charge in [-0.05, 0) is 44.2 Å². The molecule has 1 atom stereocenters. The molecule has 0 saturated carbocycles. The van der Waals surface area contributed by atoms with Crippen LogP contribution in [0.4, 0.5) is 0 Å². The quantitative estimate of drug-likeness (QED) is 0.520. The van der Waals surface area contributed by atoms with E-state index in [2.05, 4.69) is 38.1 Å². The molecule has 0 aliphatic carbocycles. The first kappa shape index (κ1) is 20.8. The largest absolute Gasteiger partial charge is 0.353 e. The Morgan fingerprint density at radius 3 is 1.82 bits per heavy atom. The molecule has 3 nitrogen and oxygen atoms in total. The monoisotopic (exact) mass is 308 g/mol. The Labute approximate surface area is 136 Å². The lowest BCUT2D eigenvalue weighted by Crippen LogP contribution is -2.11. The summed E-state index contributed by atoms with van der Waals surface area (Å²) < 4.78 is 10.1. The van der Waals surface area contributed by atoms with E-state index in [-0.39, 0.29) is 12.2 Å². The maximum atomic E-state index is 10.5. The van der Waals surface area contributed by atoms with Gasteiger partial charge in [0.15, 0.2) is 6.29 Å². The van der Waals surface area contributed by atoms with Gasteiger partial charge in [0.2, 0.25) is 0 Å². The highest BCUT2D eigenvalue weighted by atomic mass is 16.7. The Balaban J connectivity index is 0.000000472. The minimum atomic E-state index is -0.0370. The van der Waals surface area contributed by atoms with E-state index >= 15 is 0 Å². The van der Waals surface area contributed by atoms with Gasteiger partial charge in [0, 0.05) is 19.1 Å². The summed E-state index contributed by atoms with van der Waals surface area (Å²) in [4.78, 5) is 10.5. The molecule has 0 amide bonds. The van der Waals surface area contributed by atoms with E-state index in [1.54, 1.807) is 0 Å². The second-order valence-corrected chi connectivity index (χ2v) is 5.69.